The third kappa shape index (κ3) is 3.52. The highest BCUT2D eigenvalue weighted by Crippen LogP contribution is 2.42. The molecule has 29 heavy (non-hydrogen) atoms. The summed E-state index contributed by atoms with van der Waals surface area (Å²) in [6.07, 6.45) is 9.66. The van der Waals surface area contributed by atoms with Crippen LogP contribution < -0.4 is 10.2 Å². The third-order valence-electron chi connectivity index (χ3n) is 6.57. The highest BCUT2D eigenvalue weighted by molar-refractivity contribution is 7.13. The minimum absolute atomic E-state index is 0.0156. The Balaban J connectivity index is 1.35. The van der Waals surface area contributed by atoms with Gasteiger partial charge in [-0.15, -0.1) is 11.3 Å². The van der Waals surface area contributed by atoms with Crippen LogP contribution in [0.2, 0.25) is 0 Å². The number of H-pyrrole nitrogens is 1. The summed E-state index contributed by atoms with van der Waals surface area (Å²) in [6, 6.07) is -0.212. The summed E-state index contributed by atoms with van der Waals surface area (Å²) in [5.74, 6) is 0.688. The second kappa shape index (κ2) is 7.78. The van der Waals surface area contributed by atoms with E-state index in [1.807, 2.05) is 22.7 Å². The highest BCUT2D eigenvalue weighted by atomic mass is 32.1. The van der Waals surface area contributed by atoms with Gasteiger partial charge in [0, 0.05) is 55.8 Å². The van der Waals surface area contributed by atoms with Gasteiger partial charge in [-0.2, -0.15) is 5.10 Å². The van der Waals surface area contributed by atoms with Crippen LogP contribution in [0.3, 0.4) is 0 Å². The number of anilines is 1. The molecule has 3 aliphatic rings. The molecule has 0 saturated carbocycles. The van der Waals surface area contributed by atoms with Gasteiger partial charge in [0.25, 0.3) is 0 Å². The number of fused-ring (bicyclic) bond motifs is 4. The molecule has 4 atom stereocenters. The molecule has 2 aromatic rings. The van der Waals surface area contributed by atoms with E-state index >= 15 is 0 Å². The number of rotatable bonds is 5. The van der Waals surface area contributed by atoms with Crippen LogP contribution in [0, 0.1) is 11.8 Å². The number of nitrogens with zero attached hydrogens (tertiary/aromatic N) is 4. The first-order chi connectivity index (χ1) is 14.2. The molecule has 0 aliphatic carbocycles. The number of hydrogen-bond acceptors (Lipinski definition) is 6. The van der Waals surface area contributed by atoms with Crippen LogP contribution in [0.15, 0.2) is 24.0 Å². The van der Waals surface area contributed by atoms with E-state index in [-0.39, 0.29) is 29.8 Å². The van der Waals surface area contributed by atoms with Crippen molar-refractivity contribution in [1.82, 2.24) is 25.4 Å². The lowest BCUT2D eigenvalue weighted by atomic mass is 9.72. The normalized spacial score (nSPS) is 28.9. The summed E-state index contributed by atoms with van der Waals surface area (Å²) in [6.45, 7) is 2.25. The van der Waals surface area contributed by atoms with Crippen molar-refractivity contribution >= 4 is 28.3 Å². The lowest BCUT2D eigenvalue weighted by Crippen LogP contribution is -2.68. The predicted octanol–water partition coefficient (Wildman–Crippen LogP) is 1.43. The summed E-state index contributed by atoms with van der Waals surface area (Å²) in [5, 5.41) is 12.9. The first kappa shape index (κ1) is 18.6. The molecule has 2 amide bonds. The molecule has 2 bridgehead atoms. The van der Waals surface area contributed by atoms with Crippen LogP contribution in [0.4, 0.5) is 5.13 Å². The van der Waals surface area contributed by atoms with E-state index in [1.165, 1.54) is 0 Å². The number of hydrogen-bond donors (Lipinski definition) is 2. The molecular formula is C20H26N6O2S. The number of amides is 2. The van der Waals surface area contributed by atoms with Crippen molar-refractivity contribution in [2.24, 2.45) is 11.8 Å². The first-order valence-corrected chi connectivity index (χ1v) is 11.3. The molecule has 3 aliphatic heterocycles. The lowest BCUT2D eigenvalue weighted by molar-refractivity contribution is -0.156. The van der Waals surface area contributed by atoms with E-state index in [0.717, 1.165) is 49.5 Å². The van der Waals surface area contributed by atoms with Gasteiger partial charge in [-0.05, 0) is 37.2 Å². The molecule has 3 saturated heterocycles. The Kier molecular flexibility index (Phi) is 4.99. The van der Waals surface area contributed by atoms with Crippen LogP contribution in [-0.4, -0.2) is 63.6 Å². The summed E-state index contributed by atoms with van der Waals surface area (Å²) in [7, 11) is 0. The number of piperidine rings is 3. The third-order valence-corrected chi connectivity index (χ3v) is 7.40. The average Bonchev–Trinajstić information content (AvgIpc) is 3.43. The zero-order valence-electron chi connectivity index (χ0n) is 16.3. The second-order valence-corrected chi connectivity index (χ2v) is 9.20. The van der Waals surface area contributed by atoms with E-state index in [9.17, 15) is 9.59 Å². The molecule has 0 aromatic carbocycles. The SMILES string of the molecule is O=C(NCCc1cn[nH]c1)[C@H]1[C@@H]2C[C@@H](CN(c3nccs3)C2)[C@@H]2CCCC(=O)N21. The average molecular weight is 415 g/mol. The molecule has 154 valence electrons. The Labute approximate surface area is 173 Å². The van der Waals surface area contributed by atoms with E-state index in [1.54, 1.807) is 17.5 Å². The van der Waals surface area contributed by atoms with Crippen LogP contribution in [0.1, 0.15) is 31.2 Å². The van der Waals surface area contributed by atoms with Crippen molar-refractivity contribution in [3.05, 3.63) is 29.5 Å². The fourth-order valence-corrected chi connectivity index (χ4v) is 6.03. The maximum Gasteiger partial charge on any atom is 0.243 e. The van der Waals surface area contributed by atoms with E-state index in [4.69, 9.17) is 0 Å². The Morgan fingerprint density at radius 1 is 1.34 bits per heavy atom. The summed E-state index contributed by atoms with van der Waals surface area (Å²) in [4.78, 5) is 34.9. The molecule has 9 heteroatoms. The van der Waals surface area contributed by atoms with Crippen LogP contribution in [-0.2, 0) is 16.0 Å². The maximum atomic E-state index is 13.3. The van der Waals surface area contributed by atoms with E-state index in [0.29, 0.717) is 18.9 Å². The molecule has 0 radical (unpaired) electrons. The van der Waals surface area contributed by atoms with Crippen LogP contribution in [0.5, 0.6) is 0 Å². The van der Waals surface area contributed by atoms with Crippen molar-refractivity contribution in [3.63, 3.8) is 0 Å². The van der Waals surface area contributed by atoms with Gasteiger partial charge in [-0.1, -0.05) is 0 Å². The molecule has 5 heterocycles. The van der Waals surface area contributed by atoms with Gasteiger partial charge in [-0.3, -0.25) is 14.7 Å². The molecular weight excluding hydrogens is 388 g/mol. The minimum Gasteiger partial charge on any atom is -0.354 e. The second-order valence-electron chi connectivity index (χ2n) is 8.33. The molecule has 0 spiro atoms. The summed E-state index contributed by atoms with van der Waals surface area (Å²) >= 11 is 1.64. The summed E-state index contributed by atoms with van der Waals surface area (Å²) in [5.41, 5.74) is 1.06. The fraction of sp³-hybridized carbons (Fsp3) is 0.600. The summed E-state index contributed by atoms with van der Waals surface area (Å²) < 4.78 is 0. The molecule has 0 unspecified atom stereocenters. The number of aromatic nitrogens is 3. The van der Waals surface area contributed by atoms with Gasteiger partial charge < -0.3 is 15.1 Å². The highest BCUT2D eigenvalue weighted by Gasteiger charge is 2.52. The van der Waals surface area contributed by atoms with Gasteiger partial charge in [0.15, 0.2) is 5.13 Å². The van der Waals surface area contributed by atoms with Crippen molar-refractivity contribution in [2.75, 3.05) is 24.5 Å². The van der Waals surface area contributed by atoms with Crippen LogP contribution in [0.25, 0.3) is 0 Å². The van der Waals surface area contributed by atoms with Crippen molar-refractivity contribution in [1.29, 1.82) is 0 Å². The van der Waals surface area contributed by atoms with Gasteiger partial charge >= 0.3 is 0 Å². The first-order valence-electron chi connectivity index (χ1n) is 10.4. The molecule has 3 fully saturated rings. The fourth-order valence-electron chi connectivity index (χ4n) is 5.37. The van der Waals surface area contributed by atoms with Gasteiger partial charge in [0.2, 0.25) is 11.8 Å². The topological polar surface area (TPSA) is 94.2 Å². The number of carbonyl (C=O) groups is 2. The standard InChI is InChI=1S/C20H26N6O2S/c27-17-3-1-2-16-14-8-15(12-25(11-14)20-22-6-7-29-20)18(26(16)17)19(28)21-5-4-13-9-23-24-10-13/h6-7,9-10,14-16,18H,1-5,8,11-12H2,(H,21,28)(H,23,24)/t14-,15+,16-,18+/m0/s1. The minimum atomic E-state index is -0.379. The molecule has 8 nitrogen and oxygen atoms in total. The largest absolute Gasteiger partial charge is 0.354 e. The van der Waals surface area contributed by atoms with Gasteiger partial charge in [0.1, 0.15) is 6.04 Å². The van der Waals surface area contributed by atoms with Gasteiger partial charge in [-0.25, -0.2) is 4.98 Å². The zero-order valence-corrected chi connectivity index (χ0v) is 17.1. The molecule has 2 aromatic heterocycles. The monoisotopic (exact) mass is 414 g/mol. The lowest BCUT2D eigenvalue weighted by Gasteiger charge is -2.55. The maximum absolute atomic E-state index is 13.3. The predicted molar refractivity (Wildman–Crippen MR) is 109 cm³/mol. The molecule has 5 rings (SSSR count). The molecule has 2 N–H and O–H groups in total. The Hall–Kier alpha value is -2.42. The number of carbonyl (C=O) groups excluding carboxylic acids is 2. The number of nitrogens with one attached hydrogen (secondary N) is 2. The Bertz CT molecular complexity index is 854. The van der Waals surface area contributed by atoms with Crippen molar-refractivity contribution in [3.8, 4) is 0 Å². The Morgan fingerprint density at radius 3 is 3.03 bits per heavy atom. The Morgan fingerprint density at radius 2 is 2.24 bits per heavy atom. The van der Waals surface area contributed by atoms with Crippen molar-refractivity contribution < 1.29 is 9.59 Å². The quantitative estimate of drug-likeness (QED) is 0.772. The van der Waals surface area contributed by atoms with E-state index in [2.05, 4.69) is 25.4 Å². The smallest absolute Gasteiger partial charge is 0.243 e. The van der Waals surface area contributed by atoms with E-state index < -0.39 is 0 Å². The van der Waals surface area contributed by atoms with Crippen LogP contribution >= 0.6 is 11.3 Å². The number of thiazole rings is 1. The van der Waals surface area contributed by atoms with Crippen molar-refractivity contribution in [2.45, 2.75) is 44.2 Å². The zero-order chi connectivity index (χ0) is 19.8. The number of aromatic amines is 1. The van der Waals surface area contributed by atoms with Gasteiger partial charge in [0.05, 0.1) is 6.20 Å².